The third-order valence-electron chi connectivity index (χ3n) is 7.75. The number of ether oxygens (including phenoxy) is 2. The molecule has 8 heteroatoms. The van der Waals surface area contributed by atoms with Crippen molar-refractivity contribution in [2.45, 2.75) is 57.9 Å². The second-order valence-electron chi connectivity index (χ2n) is 10.1. The summed E-state index contributed by atoms with van der Waals surface area (Å²) in [5.41, 5.74) is 1.68. The third kappa shape index (κ3) is 5.22. The van der Waals surface area contributed by atoms with Crippen LogP contribution in [0, 0.1) is 29.4 Å². The maximum absolute atomic E-state index is 14.3. The van der Waals surface area contributed by atoms with Gasteiger partial charge in [-0.3, -0.25) is 4.79 Å². The van der Waals surface area contributed by atoms with Crippen LogP contribution in [-0.2, 0) is 16.1 Å². The average Bonchev–Trinajstić information content (AvgIpc) is 3.52. The number of rotatable bonds is 7. The molecule has 3 aromatic rings. The van der Waals surface area contributed by atoms with Crippen LogP contribution in [0.15, 0.2) is 30.3 Å². The van der Waals surface area contributed by atoms with E-state index in [0.717, 1.165) is 50.2 Å². The first-order valence-electron chi connectivity index (χ1n) is 12.8. The van der Waals surface area contributed by atoms with Crippen LogP contribution >= 0.6 is 11.6 Å². The third-order valence-corrected chi connectivity index (χ3v) is 7.98. The molecule has 0 bridgehead atoms. The number of hydrogen-bond donors (Lipinski definition) is 0. The van der Waals surface area contributed by atoms with Gasteiger partial charge in [0.15, 0.2) is 11.6 Å². The van der Waals surface area contributed by atoms with Gasteiger partial charge in [0.05, 0.1) is 36.2 Å². The highest BCUT2D eigenvalue weighted by Gasteiger charge is 2.29. The molecule has 0 spiro atoms. The first-order valence-corrected chi connectivity index (χ1v) is 13.2. The van der Waals surface area contributed by atoms with E-state index in [4.69, 9.17) is 26.1 Å². The van der Waals surface area contributed by atoms with Crippen molar-refractivity contribution in [1.82, 2.24) is 9.55 Å². The number of halogens is 3. The predicted molar refractivity (Wildman–Crippen MR) is 135 cm³/mol. The highest BCUT2D eigenvalue weighted by molar-refractivity contribution is 6.30. The molecule has 0 N–H and O–H groups in total. The lowest BCUT2D eigenvalue weighted by Crippen LogP contribution is -2.25. The van der Waals surface area contributed by atoms with E-state index >= 15 is 0 Å². The van der Waals surface area contributed by atoms with Gasteiger partial charge in [-0.2, -0.15) is 0 Å². The Labute approximate surface area is 214 Å². The normalized spacial score (nSPS) is 20.7. The van der Waals surface area contributed by atoms with Crippen molar-refractivity contribution in [3.63, 3.8) is 0 Å². The summed E-state index contributed by atoms with van der Waals surface area (Å²) in [5, 5.41) is 0.557. The van der Waals surface area contributed by atoms with E-state index < -0.39 is 11.6 Å². The Morgan fingerprint density at radius 2 is 1.75 bits per heavy atom. The number of carbonyl (C=O) groups excluding carboxylic acids is 1. The van der Waals surface area contributed by atoms with Crippen molar-refractivity contribution < 1.29 is 23.0 Å². The maximum Gasteiger partial charge on any atom is 0.308 e. The van der Waals surface area contributed by atoms with E-state index in [9.17, 15) is 13.6 Å². The number of esters is 1. The molecule has 0 saturated heterocycles. The summed E-state index contributed by atoms with van der Waals surface area (Å²) in [7, 11) is 1.42. The van der Waals surface area contributed by atoms with Crippen molar-refractivity contribution in [3.8, 4) is 17.1 Å². The van der Waals surface area contributed by atoms with Crippen LogP contribution < -0.4 is 4.74 Å². The molecule has 0 atom stereocenters. The number of hydrogen-bond acceptors (Lipinski definition) is 4. The van der Waals surface area contributed by atoms with Gasteiger partial charge in [0, 0.05) is 23.7 Å². The standard InChI is InChI=1S/C28H31ClF2N2O3/c1-35-28(34)19-8-6-17(7-9-19)15-33-25-14-23(31)22(30)13-24(25)32-27(33)21-11-10-20(29)12-26(21)36-16-18-4-2-3-5-18/h10-14,17-19H,2-9,15-16H2,1H3. The highest BCUT2D eigenvalue weighted by atomic mass is 35.5. The van der Waals surface area contributed by atoms with Gasteiger partial charge in [-0.25, -0.2) is 13.8 Å². The minimum Gasteiger partial charge on any atom is -0.492 e. The fraction of sp³-hybridized carbons (Fsp3) is 0.500. The van der Waals surface area contributed by atoms with Gasteiger partial charge < -0.3 is 14.0 Å². The summed E-state index contributed by atoms with van der Waals surface area (Å²) < 4.78 is 41.6. The molecule has 0 amide bonds. The van der Waals surface area contributed by atoms with Crippen molar-refractivity contribution in [2.75, 3.05) is 13.7 Å². The molecule has 2 fully saturated rings. The Kier molecular flexibility index (Phi) is 7.47. The zero-order valence-corrected chi connectivity index (χ0v) is 21.2. The fourth-order valence-electron chi connectivity index (χ4n) is 5.70. The molecular formula is C28H31ClF2N2O3. The number of carbonyl (C=O) groups is 1. The molecule has 5 rings (SSSR count). The monoisotopic (exact) mass is 516 g/mol. The maximum atomic E-state index is 14.3. The first-order chi connectivity index (χ1) is 17.4. The summed E-state index contributed by atoms with van der Waals surface area (Å²) in [6, 6.07) is 7.80. The lowest BCUT2D eigenvalue weighted by atomic mass is 9.82. The van der Waals surface area contributed by atoms with E-state index in [1.807, 2.05) is 10.6 Å². The van der Waals surface area contributed by atoms with Gasteiger partial charge in [-0.05, 0) is 68.6 Å². The van der Waals surface area contributed by atoms with Crippen LogP contribution in [0.5, 0.6) is 5.75 Å². The van der Waals surface area contributed by atoms with Gasteiger partial charge in [0.25, 0.3) is 0 Å². The zero-order valence-electron chi connectivity index (χ0n) is 20.4. The number of nitrogens with zero attached hydrogens (tertiary/aromatic N) is 2. The van der Waals surface area contributed by atoms with Gasteiger partial charge in [-0.15, -0.1) is 0 Å². The van der Waals surface area contributed by atoms with Gasteiger partial charge in [0.1, 0.15) is 11.6 Å². The van der Waals surface area contributed by atoms with Gasteiger partial charge in [0.2, 0.25) is 0 Å². The fourth-order valence-corrected chi connectivity index (χ4v) is 5.86. The largest absolute Gasteiger partial charge is 0.492 e. The quantitative estimate of drug-likeness (QED) is 0.312. The molecule has 1 aromatic heterocycles. The van der Waals surface area contributed by atoms with Crippen LogP contribution in [0.1, 0.15) is 51.4 Å². The van der Waals surface area contributed by atoms with Crippen LogP contribution in [0.4, 0.5) is 8.78 Å². The molecule has 2 saturated carbocycles. The number of methoxy groups -OCH3 is 1. The summed E-state index contributed by atoms with van der Waals surface area (Å²) in [6.07, 6.45) is 7.94. The second kappa shape index (κ2) is 10.8. The molecule has 0 aliphatic heterocycles. The Hall–Kier alpha value is -2.67. The van der Waals surface area contributed by atoms with Crippen LogP contribution in [-0.4, -0.2) is 29.2 Å². The Bertz CT molecular complexity index is 1250. The first kappa shape index (κ1) is 25.0. The summed E-state index contributed by atoms with van der Waals surface area (Å²) in [6.45, 7) is 1.18. The number of aromatic nitrogens is 2. The van der Waals surface area contributed by atoms with E-state index in [-0.39, 0.29) is 17.8 Å². The molecule has 2 aromatic carbocycles. The second-order valence-corrected chi connectivity index (χ2v) is 10.6. The highest BCUT2D eigenvalue weighted by Crippen LogP contribution is 2.38. The smallest absolute Gasteiger partial charge is 0.308 e. The zero-order chi connectivity index (χ0) is 25.2. The minimum atomic E-state index is -0.925. The molecule has 192 valence electrons. The molecule has 5 nitrogen and oxygen atoms in total. The lowest BCUT2D eigenvalue weighted by Gasteiger charge is -2.28. The summed E-state index contributed by atoms with van der Waals surface area (Å²) in [4.78, 5) is 16.7. The van der Waals surface area contributed by atoms with Crippen molar-refractivity contribution in [1.29, 1.82) is 0 Å². The molecule has 0 unspecified atom stereocenters. The average molecular weight is 517 g/mol. The van der Waals surface area contributed by atoms with E-state index in [0.29, 0.717) is 46.7 Å². The van der Waals surface area contributed by atoms with Crippen molar-refractivity contribution in [2.24, 2.45) is 17.8 Å². The summed E-state index contributed by atoms with van der Waals surface area (Å²) >= 11 is 6.32. The topological polar surface area (TPSA) is 53.4 Å². The van der Waals surface area contributed by atoms with Crippen LogP contribution in [0.2, 0.25) is 5.02 Å². The molecule has 1 heterocycles. The molecule has 0 radical (unpaired) electrons. The molecule has 2 aliphatic rings. The Balaban J connectivity index is 1.49. The Morgan fingerprint density at radius 1 is 1.03 bits per heavy atom. The molecular weight excluding hydrogens is 486 g/mol. The van der Waals surface area contributed by atoms with E-state index in [1.165, 1.54) is 26.0 Å². The van der Waals surface area contributed by atoms with Crippen LogP contribution in [0.25, 0.3) is 22.4 Å². The predicted octanol–water partition coefficient (Wildman–Crippen LogP) is 7.18. The summed E-state index contributed by atoms with van der Waals surface area (Å²) in [5.74, 6) is -0.0585. The SMILES string of the molecule is COC(=O)C1CCC(Cn2c(-c3ccc(Cl)cc3OCC3CCCC3)nc3cc(F)c(F)cc32)CC1. The molecule has 2 aliphatic carbocycles. The lowest BCUT2D eigenvalue weighted by molar-refractivity contribution is -0.146. The molecule has 36 heavy (non-hydrogen) atoms. The van der Waals surface area contributed by atoms with Gasteiger partial charge >= 0.3 is 5.97 Å². The number of benzene rings is 2. The van der Waals surface area contributed by atoms with E-state index in [2.05, 4.69) is 0 Å². The van der Waals surface area contributed by atoms with E-state index in [1.54, 1.807) is 12.1 Å². The number of imidazole rings is 1. The Morgan fingerprint density at radius 3 is 2.47 bits per heavy atom. The minimum absolute atomic E-state index is 0.0800. The van der Waals surface area contributed by atoms with Gasteiger partial charge in [-0.1, -0.05) is 24.4 Å². The van der Waals surface area contributed by atoms with Crippen LogP contribution in [0.3, 0.4) is 0 Å². The number of fused-ring (bicyclic) bond motifs is 1. The van der Waals surface area contributed by atoms with Crippen molar-refractivity contribution in [3.05, 3.63) is 47.0 Å². The van der Waals surface area contributed by atoms with Crippen molar-refractivity contribution >= 4 is 28.6 Å².